The molecule has 0 unspecified atom stereocenters. The molecule has 1 aromatic carbocycles. The molecule has 1 aromatic heterocycles. The average Bonchev–Trinajstić information content (AvgIpc) is 3.30. The van der Waals surface area contributed by atoms with E-state index in [1.54, 1.807) is 35.7 Å². The smallest absolute Gasteiger partial charge is 0.279 e. The minimum Gasteiger partial charge on any atom is -0.355 e. The first-order valence-electron chi connectivity index (χ1n) is 9.76. The number of amides is 3. The summed E-state index contributed by atoms with van der Waals surface area (Å²) in [5, 5.41) is 4.80. The van der Waals surface area contributed by atoms with Crippen LogP contribution in [-0.4, -0.2) is 30.0 Å². The van der Waals surface area contributed by atoms with Gasteiger partial charge in [0.15, 0.2) is 0 Å². The van der Waals surface area contributed by atoms with Gasteiger partial charge in [0.1, 0.15) is 0 Å². The van der Waals surface area contributed by atoms with Crippen molar-refractivity contribution in [2.45, 2.75) is 37.0 Å². The topological polar surface area (TPSA) is 87.3 Å². The van der Waals surface area contributed by atoms with Crippen molar-refractivity contribution in [3.63, 3.8) is 0 Å². The van der Waals surface area contributed by atoms with Gasteiger partial charge in [0, 0.05) is 11.4 Å². The Bertz CT molecular complexity index is 833. The van der Waals surface area contributed by atoms with Gasteiger partial charge >= 0.3 is 0 Å². The number of rotatable bonds is 7. The maximum Gasteiger partial charge on any atom is 0.279 e. The van der Waals surface area contributed by atoms with Gasteiger partial charge in [-0.3, -0.25) is 25.2 Å². The van der Waals surface area contributed by atoms with Crippen LogP contribution < -0.4 is 16.2 Å². The number of carbonyl (C=O) groups is 3. The first-order chi connectivity index (χ1) is 14.1. The van der Waals surface area contributed by atoms with Crippen LogP contribution in [0.25, 0.3) is 0 Å². The van der Waals surface area contributed by atoms with Crippen LogP contribution in [0.4, 0.5) is 0 Å². The maximum atomic E-state index is 12.5. The molecule has 0 aliphatic heterocycles. The molecule has 1 aliphatic carbocycles. The van der Waals surface area contributed by atoms with Gasteiger partial charge in [0.05, 0.1) is 16.2 Å². The van der Waals surface area contributed by atoms with Crippen LogP contribution in [-0.2, 0) is 4.79 Å². The van der Waals surface area contributed by atoms with Gasteiger partial charge in [-0.2, -0.15) is 0 Å². The number of thioether (sulfide) groups is 1. The second-order valence-electron chi connectivity index (χ2n) is 6.98. The second kappa shape index (κ2) is 11.0. The SMILES string of the molecule is O=C(CSc1ccccc1C(=O)NNC(=O)c1cccs1)NCC1CCCCC1. The Kier molecular flexibility index (Phi) is 8.13. The normalized spacial score (nSPS) is 14.2. The zero-order chi connectivity index (χ0) is 20.5. The lowest BCUT2D eigenvalue weighted by atomic mass is 9.89. The zero-order valence-electron chi connectivity index (χ0n) is 16.1. The molecule has 8 heteroatoms. The molecule has 0 saturated heterocycles. The van der Waals surface area contributed by atoms with Crippen LogP contribution in [0.5, 0.6) is 0 Å². The first-order valence-corrected chi connectivity index (χ1v) is 11.6. The van der Waals surface area contributed by atoms with E-state index in [-0.39, 0.29) is 17.6 Å². The Balaban J connectivity index is 1.48. The number of nitrogens with one attached hydrogen (secondary N) is 3. The van der Waals surface area contributed by atoms with Crippen molar-refractivity contribution in [3.8, 4) is 0 Å². The van der Waals surface area contributed by atoms with E-state index in [0.717, 1.165) is 6.54 Å². The molecule has 0 atom stereocenters. The summed E-state index contributed by atoms with van der Waals surface area (Å²) in [7, 11) is 0. The third kappa shape index (κ3) is 6.61. The minimum absolute atomic E-state index is 0.0261. The summed E-state index contributed by atoms with van der Waals surface area (Å²) in [6, 6.07) is 10.5. The van der Waals surface area contributed by atoms with Crippen molar-refractivity contribution in [1.29, 1.82) is 0 Å². The van der Waals surface area contributed by atoms with Gasteiger partial charge in [-0.1, -0.05) is 37.5 Å². The number of hydrazine groups is 1. The highest BCUT2D eigenvalue weighted by atomic mass is 32.2. The summed E-state index contributed by atoms with van der Waals surface area (Å²) in [4.78, 5) is 37.9. The molecule has 3 rings (SSSR count). The average molecular weight is 432 g/mol. The molecule has 1 aliphatic rings. The lowest BCUT2D eigenvalue weighted by molar-refractivity contribution is -0.118. The third-order valence-electron chi connectivity index (χ3n) is 4.84. The highest BCUT2D eigenvalue weighted by Gasteiger charge is 2.16. The summed E-state index contributed by atoms with van der Waals surface area (Å²) < 4.78 is 0. The van der Waals surface area contributed by atoms with Crippen molar-refractivity contribution in [2.75, 3.05) is 12.3 Å². The lowest BCUT2D eigenvalue weighted by Crippen LogP contribution is -2.41. The molecule has 1 heterocycles. The molecule has 3 N–H and O–H groups in total. The molecule has 2 aromatic rings. The van der Waals surface area contributed by atoms with Crippen LogP contribution in [0.3, 0.4) is 0 Å². The largest absolute Gasteiger partial charge is 0.355 e. The third-order valence-corrected chi connectivity index (χ3v) is 6.78. The fraction of sp³-hybridized carbons (Fsp3) is 0.381. The highest BCUT2D eigenvalue weighted by Crippen LogP contribution is 2.24. The Morgan fingerprint density at radius 1 is 0.966 bits per heavy atom. The Hall–Kier alpha value is -2.32. The van der Waals surface area contributed by atoms with Crippen molar-refractivity contribution < 1.29 is 14.4 Å². The van der Waals surface area contributed by atoms with Crippen LogP contribution in [0, 0.1) is 5.92 Å². The molecular weight excluding hydrogens is 406 g/mol. The van der Waals surface area contributed by atoms with Crippen LogP contribution in [0.2, 0.25) is 0 Å². The molecule has 1 saturated carbocycles. The number of hydrogen-bond donors (Lipinski definition) is 3. The van der Waals surface area contributed by atoms with Gasteiger partial charge in [0.25, 0.3) is 11.8 Å². The summed E-state index contributed by atoms with van der Waals surface area (Å²) in [5.41, 5.74) is 5.27. The van der Waals surface area contributed by atoms with E-state index < -0.39 is 5.91 Å². The van der Waals surface area contributed by atoms with Crippen LogP contribution >= 0.6 is 23.1 Å². The summed E-state index contributed by atoms with van der Waals surface area (Å²) in [6.45, 7) is 0.732. The Labute approximate surface area is 178 Å². The van der Waals surface area contributed by atoms with Gasteiger partial charge in [0.2, 0.25) is 5.91 Å². The molecule has 1 fully saturated rings. The van der Waals surface area contributed by atoms with E-state index in [0.29, 0.717) is 21.3 Å². The Morgan fingerprint density at radius 2 is 1.72 bits per heavy atom. The first kappa shape index (κ1) is 21.4. The zero-order valence-corrected chi connectivity index (χ0v) is 17.7. The van der Waals surface area contributed by atoms with E-state index in [9.17, 15) is 14.4 Å². The quantitative estimate of drug-likeness (QED) is 0.462. The predicted molar refractivity (Wildman–Crippen MR) is 116 cm³/mol. The number of thiophene rings is 1. The number of carbonyl (C=O) groups excluding carboxylic acids is 3. The second-order valence-corrected chi connectivity index (χ2v) is 8.94. The maximum absolute atomic E-state index is 12.5. The van der Waals surface area contributed by atoms with Crippen molar-refractivity contribution in [1.82, 2.24) is 16.2 Å². The van der Waals surface area contributed by atoms with Gasteiger partial charge < -0.3 is 5.32 Å². The van der Waals surface area contributed by atoms with Crippen molar-refractivity contribution in [2.24, 2.45) is 5.92 Å². The molecule has 3 amide bonds. The van der Waals surface area contributed by atoms with Crippen LogP contribution in [0.15, 0.2) is 46.7 Å². The van der Waals surface area contributed by atoms with Gasteiger partial charge in [-0.05, 0) is 42.3 Å². The highest BCUT2D eigenvalue weighted by molar-refractivity contribution is 8.00. The molecule has 6 nitrogen and oxygen atoms in total. The minimum atomic E-state index is -0.416. The molecule has 0 bridgehead atoms. The molecular formula is C21H25N3O3S2. The summed E-state index contributed by atoms with van der Waals surface area (Å²) in [5.74, 6) is 0.0316. The van der Waals surface area contributed by atoms with Gasteiger partial charge in [-0.25, -0.2) is 0 Å². The fourth-order valence-corrected chi connectivity index (χ4v) is 4.77. The molecule has 0 radical (unpaired) electrons. The number of benzene rings is 1. The Morgan fingerprint density at radius 3 is 2.48 bits per heavy atom. The monoisotopic (exact) mass is 431 g/mol. The summed E-state index contributed by atoms with van der Waals surface area (Å²) in [6.07, 6.45) is 6.18. The molecule has 0 spiro atoms. The van der Waals surface area contributed by atoms with E-state index in [1.807, 2.05) is 6.07 Å². The van der Waals surface area contributed by atoms with Crippen molar-refractivity contribution >= 4 is 40.8 Å². The molecule has 29 heavy (non-hydrogen) atoms. The number of hydrogen-bond acceptors (Lipinski definition) is 5. The summed E-state index contributed by atoms with van der Waals surface area (Å²) >= 11 is 2.61. The van der Waals surface area contributed by atoms with Crippen molar-refractivity contribution in [3.05, 3.63) is 52.2 Å². The van der Waals surface area contributed by atoms with Crippen LogP contribution in [0.1, 0.15) is 52.1 Å². The van der Waals surface area contributed by atoms with E-state index >= 15 is 0 Å². The van der Waals surface area contributed by atoms with E-state index in [4.69, 9.17) is 0 Å². The fourth-order valence-electron chi connectivity index (χ4n) is 3.27. The van der Waals surface area contributed by atoms with Gasteiger partial charge in [-0.15, -0.1) is 23.1 Å². The van der Waals surface area contributed by atoms with E-state index in [1.165, 1.54) is 55.2 Å². The molecule has 154 valence electrons. The van der Waals surface area contributed by atoms with E-state index in [2.05, 4.69) is 16.2 Å². The predicted octanol–water partition coefficient (Wildman–Crippen LogP) is 3.61. The lowest BCUT2D eigenvalue weighted by Gasteiger charge is -2.21. The standard InChI is InChI=1S/C21H25N3O3S2/c25-19(22-13-15-7-2-1-3-8-15)14-29-17-10-5-4-9-16(17)20(26)23-24-21(27)18-11-6-12-28-18/h4-6,9-12,15H,1-3,7-8,13-14H2,(H,22,25)(H,23,26)(H,24,27).